The fourth-order valence-corrected chi connectivity index (χ4v) is 2.89. The maximum atomic E-state index is 12.5. The number of alkyl halides is 3. The lowest BCUT2D eigenvalue weighted by atomic mass is 9.82. The highest BCUT2D eigenvalue weighted by atomic mass is 19.4. The van der Waals surface area contributed by atoms with Crippen molar-refractivity contribution in [1.29, 1.82) is 0 Å². The van der Waals surface area contributed by atoms with E-state index in [1.54, 1.807) is 6.07 Å². The minimum Gasteiger partial charge on any atom is -0.389 e. The number of anilines is 1. The third-order valence-electron chi connectivity index (χ3n) is 3.96. The molecule has 0 unspecified atom stereocenters. The van der Waals surface area contributed by atoms with E-state index in [-0.39, 0.29) is 17.7 Å². The molecule has 2 rings (SSSR count). The van der Waals surface area contributed by atoms with Gasteiger partial charge in [-0.25, -0.2) is 0 Å². The van der Waals surface area contributed by atoms with E-state index in [1.165, 1.54) is 18.2 Å². The zero-order valence-corrected chi connectivity index (χ0v) is 12.2. The van der Waals surface area contributed by atoms with Crippen LogP contribution in [0.25, 0.3) is 0 Å². The van der Waals surface area contributed by atoms with E-state index in [0.29, 0.717) is 12.8 Å². The molecule has 1 saturated carbocycles. The van der Waals surface area contributed by atoms with Crippen LogP contribution in [0.4, 0.5) is 18.9 Å². The molecule has 0 saturated heterocycles. The summed E-state index contributed by atoms with van der Waals surface area (Å²) < 4.78 is 37.6. The molecule has 0 aromatic heterocycles. The van der Waals surface area contributed by atoms with E-state index in [0.717, 1.165) is 19.3 Å². The number of para-hydroxylation sites is 1. The fraction of sp³-hybridized carbons (Fsp3) is 0.562. The summed E-state index contributed by atoms with van der Waals surface area (Å²) in [6.45, 7) is 0. The molecule has 3 nitrogen and oxygen atoms in total. The van der Waals surface area contributed by atoms with Gasteiger partial charge in [-0.3, -0.25) is 4.79 Å². The van der Waals surface area contributed by atoms with Gasteiger partial charge < -0.3 is 10.4 Å². The molecule has 1 aliphatic rings. The Labute approximate surface area is 127 Å². The molecule has 0 bridgehead atoms. The van der Waals surface area contributed by atoms with Crippen molar-refractivity contribution in [3.8, 4) is 0 Å². The number of benzene rings is 1. The first-order chi connectivity index (χ1) is 10.3. The lowest BCUT2D eigenvalue weighted by Crippen LogP contribution is -2.36. The highest BCUT2D eigenvalue weighted by Crippen LogP contribution is 2.31. The summed E-state index contributed by atoms with van der Waals surface area (Å²) in [6.07, 6.45) is -1.60. The standard InChI is InChI=1S/C16H20F3NO2/c17-16(18,19)10-12-6-2-3-7-13(12)20-14(21)11-15(22)8-4-1-5-9-15/h2-3,6-7,22H,1,4-5,8-11H2,(H,20,21). The zero-order valence-electron chi connectivity index (χ0n) is 12.2. The minimum atomic E-state index is -4.33. The van der Waals surface area contributed by atoms with E-state index in [9.17, 15) is 23.1 Å². The molecule has 6 heteroatoms. The Balaban J connectivity index is 2.02. The van der Waals surface area contributed by atoms with Crippen LogP contribution in [0, 0.1) is 0 Å². The molecular weight excluding hydrogens is 295 g/mol. The zero-order chi connectivity index (χ0) is 16.2. The number of carbonyl (C=O) groups excluding carboxylic acids is 1. The third kappa shape index (κ3) is 5.02. The Bertz CT molecular complexity index is 522. The summed E-state index contributed by atoms with van der Waals surface area (Å²) in [7, 11) is 0. The van der Waals surface area contributed by atoms with Crippen LogP contribution < -0.4 is 5.32 Å². The van der Waals surface area contributed by atoms with Crippen LogP contribution in [0.15, 0.2) is 24.3 Å². The summed E-state index contributed by atoms with van der Waals surface area (Å²) in [4.78, 5) is 12.1. The van der Waals surface area contributed by atoms with Crippen molar-refractivity contribution in [3.63, 3.8) is 0 Å². The van der Waals surface area contributed by atoms with Gasteiger partial charge in [-0.1, -0.05) is 37.5 Å². The van der Waals surface area contributed by atoms with Crippen molar-refractivity contribution in [2.75, 3.05) is 5.32 Å². The van der Waals surface area contributed by atoms with Crippen LogP contribution in [-0.4, -0.2) is 22.8 Å². The minimum absolute atomic E-state index is 0.0268. The van der Waals surface area contributed by atoms with E-state index >= 15 is 0 Å². The number of aliphatic hydroxyl groups is 1. The van der Waals surface area contributed by atoms with Gasteiger partial charge in [0.1, 0.15) is 0 Å². The summed E-state index contributed by atoms with van der Waals surface area (Å²) in [6, 6.07) is 5.87. The summed E-state index contributed by atoms with van der Waals surface area (Å²) in [5.74, 6) is -0.445. The van der Waals surface area contributed by atoms with Crippen molar-refractivity contribution in [1.82, 2.24) is 0 Å². The van der Waals surface area contributed by atoms with Gasteiger partial charge in [0.15, 0.2) is 0 Å². The Morgan fingerprint density at radius 2 is 1.82 bits per heavy atom. The number of halogens is 3. The van der Waals surface area contributed by atoms with E-state index < -0.39 is 24.1 Å². The topological polar surface area (TPSA) is 49.3 Å². The number of carbonyl (C=O) groups is 1. The lowest BCUT2D eigenvalue weighted by Gasteiger charge is -2.31. The second-order valence-electron chi connectivity index (χ2n) is 5.96. The largest absolute Gasteiger partial charge is 0.393 e. The van der Waals surface area contributed by atoms with Gasteiger partial charge in [0, 0.05) is 5.69 Å². The highest BCUT2D eigenvalue weighted by molar-refractivity contribution is 5.92. The summed E-state index contributed by atoms with van der Waals surface area (Å²) in [5, 5.41) is 12.8. The summed E-state index contributed by atoms with van der Waals surface area (Å²) >= 11 is 0. The maximum Gasteiger partial charge on any atom is 0.393 e. The smallest absolute Gasteiger partial charge is 0.389 e. The number of hydrogen-bond donors (Lipinski definition) is 2. The van der Waals surface area contributed by atoms with E-state index in [1.807, 2.05) is 0 Å². The Morgan fingerprint density at radius 3 is 2.45 bits per heavy atom. The molecular formula is C16H20F3NO2. The van der Waals surface area contributed by atoms with Crippen molar-refractivity contribution >= 4 is 11.6 Å². The Hall–Kier alpha value is -1.56. The average molecular weight is 315 g/mol. The normalized spacial score (nSPS) is 18.0. The molecule has 22 heavy (non-hydrogen) atoms. The second-order valence-corrected chi connectivity index (χ2v) is 5.96. The predicted molar refractivity (Wildman–Crippen MR) is 77.5 cm³/mol. The van der Waals surface area contributed by atoms with Crippen molar-refractivity contribution < 1.29 is 23.1 Å². The second kappa shape index (κ2) is 6.69. The molecule has 1 amide bonds. The van der Waals surface area contributed by atoms with Crippen LogP contribution in [-0.2, 0) is 11.2 Å². The van der Waals surface area contributed by atoms with Gasteiger partial charge in [0.25, 0.3) is 0 Å². The first-order valence-electron chi connectivity index (χ1n) is 7.44. The number of nitrogens with one attached hydrogen (secondary N) is 1. The number of rotatable bonds is 4. The highest BCUT2D eigenvalue weighted by Gasteiger charge is 2.32. The molecule has 0 aliphatic heterocycles. The first kappa shape index (κ1) is 16.8. The van der Waals surface area contributed by atoms with Crippen LogP contribution in [0.1, 0.15) is 44.1 Å². The van der Waals surface area contributed by atoms with Gasteiger partial charge in [0.05, 0.1) is 18.4 Å². The van der Waals surface area contributed by atoms with Gasteiger partial charge >= 0.3 is 6.18 Å². The maximum absolute atomic E-state index is 12.5. The van der Waals surface area contributed by atoms with Crippen LogP contribution in [0.5, 0.6) is 0 Å². The SMILES string of the molecule is O=C(CC1(O)CCCCC1)Nc1ccccc1CC(F)(F)F. The van der Waals surface area contributed by atoms with E-state index in [4.69, 9.17) is 0 Å². The van der Waals surface area contributed by atoms with Crippen LogP contribution in [0.3, 0.4) is 0 Å². The van der Waals surface area contributed by atoms with Crippen molar-refractivity contribution in [2.45, 2.75) is 56.7 Å². The van der Waals surface area contributed by atoms with Gasteiger partial charge in [-0.05, 0) is 24.5 Å². The third-order valence-corrected chi connectivity index (χ3v) is 3.96. The lowest BCUT2D eigenvalue weighted by molar-refractivity contribution is -0.127. The van der Waals surface area contributed by atoms with Crippen LogP contribution >= 0.6 is 0 Å². The average Bonchev–Trinajstić information content (AvgIpc) is 2.39. The quantitative estimate of drug-likeness (QED) is 0.887. The Morgan fingerprint density at radius 1 is 1.18 bits per heavy atom. The molecule has 1 aromatic carbocycles. The molecule has 0 spiro atoms. The van der Waals surface area contributed by atoms with Gasteiger partial charge in [-0.2, -0.15) is 13.2 Å². The molecule has 1 aliphatic carbocycles. The monoisotopic (exact) mass is 315 g/mol. The molecule has 0 atom stereocenters. The number of hydrogen-bond acceptors (Lipinski definition) is 2. The van der Waals surface area contributed by atoms with Crippen LogP contribution in [0.2, 0.25) is 0 Å². The van der Waals surface area contributed by atoms with Gasteiger partial charge in [0.2, 0.25) is 5.91 Å². The number of amides is 1. The van der Waals surface area contributed by atoms with Crippen molar-refractivity contribution in [2.24, 2.45) is 0 Å². The predicted octanol–water partition coefficient (Wildman–Crippen LogP) is 3.82. The molecule has 1 aromatic rings. The summed E-state index contributed by atoms with van der Waals surface area (Å²) in [5.41, 5.74) is -0.843. The van der Waals surface area contributed by atoms with Gasteiger partial charge in [-0.15, -0.1) is 0 Å². The molecule has 1 fully saturated rings. The molecule has 2 N–H and O–H groups in total. The first-order valence-corrected chi connectivity index (χ1v) is 7.44. The van der Waals surface area contributed by atoms with Crippen molar-refractivity contribution in [3.05, 3.63) is 29.8 Å². The molecule has 0 radical (unpaired) electrons. The molecule has 0 heterocycles. The Kier molecular flexibility index (Phi) is 5.11. The van der Waals surface area contributed by atoms with E-state index in [2.05, 4.69) is 5.32 Å². The fourth-order valence-electron chi connectivity index (χ4n) is 2.89. The molecule has 122 valence electrons.